The first kappa shape index (κ1) is 53.7. The average Bonchev–Trinajstić information content (AvgIpc) is 4.30. The minimum Gasteiger partial charge on any atom is -0.396 e. The Morgan fingerprint density at radius 1 is 0.961 bits per heavy atom. The molecule has 2 heterocycles. The lowest BCUT2D eigenvalue weighted by Crippen LogP contribution is -2.67. The zero-order valence-corrected chi connectivity index (χ0v) is 47.2. The summed E-state index contributed by atoms with van der Waals surface area (Å²) in [4.78, 5) is 24.7. The van der Waals surface area contributed by atoms with Crippen molar-refractivity contribution in [3.05, 3.63) is 88.6 Å². The summed E-state index contributed by atoms with van der Waals surface area (Å²) >= 11 is 0. The topological polar surface area (TPSA) is 207 Å². The van der Waals surface area contributed by atoms with E-state index in [1.54, 1.807) is 29.7 Å². The van der Waals surface area contributed by atoms with E-state index in [-0.39, 0.29) is 89.4 Å². The van der Waals surface area contributed by atoms with Gasteiger partial charge in [-0.2, -0.15) is 0 Å². The Labute approximate surface area is 459 Å². The van der Waals surface area contributed by atoms with Gasteiger partial charge < -0.3 is 46.3 Å². The molecule has 1 aromatic heterocycles. The van der Waals surface area contributed by atoms with Crippen LogP contribution in [0.15, 0.2) is 88.0 Å². The van der Waals surface area contributed by atoms with E-state index in [4.69, 9.17) is 10.7 Å². The summed E-state index contributed by atoms with van der Waals surface area (Å²) in [6, 6.07) is 10.7. The molecule has 6 saturated carbocycles. The monoisotopic (exact) mass is 1080 g/mol. The number of rotatable bonds is 8. The van der Waals surface area contributed by atoms with E-state index in [1.807, 2.05) is 40.2 Å². The molecule has 4 bridgehead atoms. The maximum atomic E-state index is 15.1. The molecule has 0 amide bonds. The van der Waals surface area contributed by atoms with Gasteiger partial charge in [0.25, 0.3) is 0 Å². The third kappa shape index (κ3) is 8.46. The van der Waals surface area contributed by atoms with Gasteiger partial charge in [0, 0.05) is 65.1 Å². The number of ketones is 1. The summed E-state index contributed by atoms with van der Waals surface area (Å²) in [5.74, 6) is -1.10. The number of nitrogens with two attached hydrogens (primary N) is 1. The molecule has 18 unspecified atom stereocenters. The van der Waals surface area contributed by atoms with Gasteiger partial charge >= 0.3 is 0 Å². The number of imidazole rings is 1. The van der Waals surface area contributed by atoms with E-state index in [2.05, 4.69) is 66.1 Å². The molecule has 18 atom stereocenters. The molecule has 14 heteroatoms. The van der Waals surface area contributed by atoms with Crippen molar-refractivity contribution in [2.75, 3.05) is 18.9 Å². The van der Waals surface area contributed by atoms with E-state index in [0.717, 1.165) is 57.1 Å². The van der Waals surface area contributed by atoms with Crippen LogP contribution in [-0.4, -0.2) is 106 Å². The van der Waals surface area contributed by atoms with Gasteiger partial charge in [0.15, 0.2) is 11.7 Å². The fourth-order valence-electron chi connectivity index (χ4n) is 20.2. The van der Waals surface area contributed by atoms with Gasteiger partial charge in [-0.25, -0.2) is 4.98 Å². The molecule has 1 spiro atoms. The fraction of sp³-hybridized carbons (Fsp3) is 0.726. The van der Waals surface area contributed by atoms with Crippen LogP contribution >= 0.6 is 21.6 Å². The number of allylic oxidation sites excluding steroid dienone is 3. The molecule has 7 fully saturated rings. The number of carbonyl (C=O) groups excluding carboxylic acids is 1. The number of aliphatic hydroxyl groups is 6. The number of benzene rings is 1. The second-order valence-corrected chi connectivity index (χ2v) is 29.7. The van der Waals surface area contributed by atoms with E-state index in [0.29, 0.717) is 24.3 Å². The van der Waals surface area contributed by atoms with E-state index in [9.17, 15) is 25.5 Å². The van der Waals surface area contributed by atoms with Crippen molar-refractivity contribution < 1.29 is 35.4 Å². The van der Waals surface area contributed by atoms with Crippen molar-refractivity contribution in [3.63, 3.8) is 0 Å². The molecule has 0 radical (unpaired) electrons. The van der Waals surface area contributed by atoms with Crippen molar-refractivity contribution in [1.29, 1.82) is 0 Å². The van der Waals surface area contributed by atoms with Gasteiger partial charge in [0.05, 0.1) is 36.8 Å². The Morgan fingerprint density at radius 2 is 1.72 bits per heavy atom. The minimum absolute atomic E-state index is 0.0814. The lowest BCUT2D eigenvalue weighted by atomic mass is 9.41. The number of nitrogens with one attached hydrogen (secondary N) is 1. The van der Waals surface area contributed by atoms with Crippen LogP contribution in [0, 0.1) is 74.9 Å². The number of carbonyl (C=O) groups is 1. The largest absolute Gasteiger partial charge is 0.396 e. The minimum atomic E-state index is -1.69. The zero-order valence-electron chi connectivity index (χ0n) is 45.5. The number of fused-ring (bicyclic) bond motifs is 14. The highest BCUT2D eigenvalue weighted by Gasteiger charge is 2.75. The number of hydrogen-bond donors (Lipinski definition) is 8. The third-order valence-electron chi connectivity index (χ3n) is 22.8. The molecule has 9 aliphatic carbocycles. The van der Waals surface area contributed by atoms with Crippen LogP contribution in [0.25, 0.3) is 0 Å². The van der Waals surface area contributed by atoms with Crippen LogP contribution in [0.1, 0.15) is 148 Å². The molecule has 10 aliphatic rings. The third-order valence-corrected chi connectivity index (χ3v) is 25.8. The first-order valence-electron chi connectivity index (χ1n) is 29.6. The van der Waals surface area contributed by atoms with Gasteiger partial charge in [-0.05, 0) is 173 Å². The summed E-state index contributed by atoms with van der Waals surface area (Å²) in [5, 5.41) is 78.1. The molecule has 12 rings (SSSR count). The number of hydrogen-bond acceptors (Lipinski definition) is 11. The van der Waals surface area contributed by atoms with Gasteiger partial charge in [0.1, 0.15) is 6.23 Å². The maximum Gasteiger partial charge on any atom is 0.190 e. The van der Waals surface area contributed by atoms with E-state index >= 15 is 9.90 Å². The van der Waals surface area contributed by atoms with Crippen molar-refractivity contribution in [1.82, 2.24) is 14.9 Å². The van der Waals surface area contributed by atoms with E-state index < -0.39 is 58.7 Å². The quantitative estimate of drug-likeness (QED) is 0.0410. The average molecular weight is 1080 g/mol. The van der Waals surface area contributed by atoms with Crippen LogP contribution in [0.2, 0.25) is 0 Å². The second-order valence-electron chi connectivity index (χ2n) is 27.1. The predicted octanol–water partition coefficient (Wildman–Crippen LogP) is 8.87. The second kappa shape index (κ2) is 20.2. The molecular formula is C62H87N5O7S2. The summed E-state index contributed by atoms with van der Waals surface area (Å²) in [6.45, 7) is 8.50. The van der Waals surface area contributed by atoms with Crippen LogP contribution in [0.5, 0.6) is 0 Å². The van der Waals surface area contributed by atoms with Crippen molar-refractivity contribution >= 4 is 33.3 Å². The van der Waals surface area contributed by atoms with Gasteiger partial charge in [-0.15, -0.1) is 0 Å². The van der Waals surface area contributed by atoms with Crippen molar-refractivity contribution in [3.8, 4) is 0 Å². The maximum absolute atomic E-state index is 15.1. The van der Waals surface area contributed by atoms with E-state index in [1.165, 1.54) is 49.7 Å². The first-order valence-corrected chi connectivity index (χ1v) is 32.0. The Balaban J connectivity index is 1.08. The zero-order chi connectivity index (χ0) is 53.1. The highest BCUT2D eigenvalue weighted by Crippen LogP contribution is 2.75. The molecule has 76 heavy (non-hydrogen) atoms. The normalized spacial score (nSPS) is 43.1. The first-order chi connectivity index (χ1) is 36.4. The smallest absolute Gasteiger partial charge is 0.190 e. The number of aromatic nitrogens is 2. The Bertz CT molecular complexity index is 2630. The molecule has 1 aromatic carbocycles. The van der Waals surface area contributed by atoms with Crippen LogP contribution < -0.4 is 11.1 Å². The van der Waals surface area contributed by atoms with Crippen molar-refractivity contribution in [2.45, 2.75) is 185 Å². The number of aryl methyl sites for hydroxylation is 1. The molecule has 1 saturated heterocycles. The standard InChI is InChI=1S/C62H87N5O7S2/c1-35(69)66-57(63)65-31-38-28-61(33-68)43-25-45(62(61,74)46-27-47(70)44-26-48(71)49(72)30-59(44,4)53(38)46)50(18-17-36-12-6-5-7-13-36)76-75-32-39(67-23-22-64-34-67)29-58(2,3)55-41-16-11-21-60(19-8-9-20-60)54(41)40-15-10-14-37-24-42(43)56(73)52(55)51(37)40/h5-7,12-13,22-23,27,34-35,37-39,42-45,48-50,52-54,56,68-69,71-74H,8-11,14-21,24-26,28-33H2,1-4H3,(H3,63,65,66). The summed E-state index contributed by atoms with van der Waals surface area (Å²) in [5.41, 5.74) is 11.0. The molecule has 2 aromatic rings. The highest BCUT2D eigenvalue weighted by molar-refractivity contribution is 8.76. The molecule has 9 N–H and O–H groups in total. The molecule has 12 nitrogen and oxygen atoms in total. The van der Waals surface area contributed by atoms with Gasteiger partial charge in [-0.3, -0.25) is 9.79 Å². The molecule has 414 valence electrons. The SMILES string of the molecule is CC(O)NC(N)=NCC1CC2(CO)C3CC(C(CCc4ccccc4)SSCC(n4ccnc4)CC(C)(C)C4=C5CCCC6(CCCC6)C5C5=C6C(CCC5)CC3C(O)C64)C2(O)C2=CC(=O)C3CC(O)C(O)CC3(C)C21. The number of nitrogens with zero attached hydrogens (tertiary/aromatic N) is 3. The highest BCUT2D eigenvalue weighted by atomic mass is 33.1. The summed E-state index contributed by atoms with van der Waals surface area (Å²) in [6.07, 6.45) is 20.4. The van der Waals surface area contributed by atoms with Crippen LogP contribution in [-0.2, 0) is 11.2 Å². The van der Waals surface area contributed by atoms with Gasteiger partial charge in [0.2, 0.25) is 0 Å². The summed E-state index contributed by atoms with van der Waals surface area (Å²) < 4.78 is 2.32. The Morgan fingerprint density at radius 3 is 2.46 bits per heavy atom. The number of guanidine groups is 1. The summed E-state index contributed by atoms with van der Waals surface area (Å²) in [7, 11) is 3.75. The van der Waals surface area contributed by atoms with Crippen LogP contribution in [0.3, 0.4) is 0 Å². The Hall–Kier alpha value is -2.95. The molecule has 1 aliphatic heterocycles. The lowest BCUT2D eigenvalue weighted by Gasteiger charge is -2.64. The predicted molar refractivity (Wildman–Crippen MR) is 300 cm³/mol. The fourth-order valence-corrected chi connectivity index (χ4v) is 23.4. The van der Waals surface area contributed by atoms with Gasteiger partial charge in [-0.1, -0.05) is 108 Å². The van der Waals surface area contributed by atoms with Crippen LogP contribution in [0.4, 0.5) is 0 Å². The number of aliphatic imine (C=N–C) groups is 1. The number of aliphatic hydroxyl groups excluding tert-OH is 5. The van der Waals surface area contributed by atoms with Crippen molar-refractivity contribution in [2.24, 2.45) is 85.6 Å². The Kier molecular flexibility index (Phi) is 14.3. The lowest BCUT2D eigenvalue weighted by molar-refractivity contribution is -0.186. The molecular weight excluding hydrogens is 991 g/mol.